The standard InChI is InChI=1S/C10H16O5/c1-7(2)4-5-10(14,9(12)13)6-8(11)15-3/h4,14H,5-6H2,1-3H3,(H,12,13). The van der Waals surface area contributed by atoms with Crippen LogP contribution in [0.1, 0.15) is 26.7 Å². The fraction of sp³-hybridized carbons (Fsp3) is 0.600. The normalized spacial score (nSPS) is 13.9. The van der Waals surface area contributed by atoms with Crippen LogP contribution >= 0.6 is 0 Å². The van der Waals surface area contributed by atoms with Gasteiger partial charge in [-0.25, -0.2) is 4.79 Å². The molecule has 0 fully saturated rings. The molecule has 0 aliphatic carbocycles. The van der Waals surface area contributed by atoms with E-state index in [-0.39, 0.29) is 6.42 Å². The van der Waals surface area contributed by atoms with Crippen molar-refractivity contribution in [3.8, 4) is 0 Å². The van der Waals surface area contributed by atoms with Crippen molar-refractivity contribution in [2.45, 2.75) is 32.3 Å². The summed E-state index contributed by atoms with van der Waals surface area (Å²) < 4.78 is 4.32. The first-order valence-corrected chi connectivity index (χ1v) is 4.48. The highest BCUT2D eigenvalue weighted by atomic mass is 16.5. The van der Waals surface area contributed by atoms with E-state index in [4.69, 9.17) is 5.11 Å². The van der Waals surface area contributed by atoms with E-state index in [1.54, 1.807) is 19.9 Å². The van der Waals surface area contributed by atoms with Crippen molar-refractivity contribution < 1.29 is 24.5 Å². The van der Waals surface area contributed by atoms with Crippen molar-refractivity contribution in [2.24, 2.45) is 0 Å². The van der Waals surface area contributed by atoms with Gasteiger partial charge >= 0.3 is 11.9 Å². The van der Waals surface area contributed by atoms with Gasteiger partial charge in [-0.2, -0.15) is 0 Å². The van der Waals surface area contributed by atoms with E-state index in [1.807, 2.05) is 0 Å². The molecule has 1 atom stereocenters. The number of hydrogen-bond acceptors (Lipinski definition) is 4. The lowest BCUT2D eigenvalue weighted by molar-refractivity contribution is -0.165. The van der Waals surface area contributed by atoms with Gasteiger partial charge in [0, 0.05) is 6.42 Å². The second-order valence-corrected chi connectivity index (χ2v) is 3.58. The van der Waals surface area contributed by atoms with Gasteiger partial charge < -0.3 is 14.9 Å². The van der Waals surface area contributed by atoms with Crippen LogP contribution in [0.4, 0.5) is 0 Å². The van der Waals surface area contributed by atoms with Crippen LogP contribution in [0.5, 0.6) is 0 Å². The number of carboxylic acids is 1. The van der Waals surface area contributed by atoms with Gasteiger partial charge in [0.1, 0.15) is 0 Å². The van der Waals surface area contributed by atoms with Crippen molar-refractivity contribution in [3.05, 3.63) is 11.6 Å². The molecule has 0 heterocycles. The van der Waals surface area contributed by atoms with Crippen LogP contribution in [-0.4, -0.2) is 34.9 Å². The highest BCUT2D eigenvalue weighted by molar-refractivity contribution is 5.84. The second kappa shape index (κ2) is 5.50. The van der Waals surface area contributed by atoms with Crippen LogP contribution < -0.4 is 0 Å². The third-order valence-corrected chi connectivity index (χ3v) is 1.91. The molecule has 0 bridgehead atoms. The molecule has 0 saturated heterocycles. The Morgan fingerprint density at radius 2 is 1.93 bits per heavy atom. The fourth-order valence-electron chi connectivity index (χ4n) is 0.919. The molecule has 5 heteroatoms. The molecular formula is C10H16O5. The Morgan fingerprint density at radius 1 is 1.40 bits per heavy atom. The molecule has 5 nitrogen and oxygen atoms in total. The Bertz CT molecular complexity index is 278. The number of allylic oxidation sites excluding steroid dienone is 1. The van der Waals surface area contributed by atoms with Gasteiger partial charge in [0.25, 0.3) is 0 Å². The first kappa shape index (κ1) is 13.6. The number of carbonyl (C=O) groups is 2. The van der Waals surface area contributed by atoms with Crippen LogP contribution in [0.25, 0.3) is 0 Å². The van der Waals surface area contributed by atoms with Crippen LogP contribution in [0.2, 0.25) is 0 Å². The number of carbonyl (C=O) groups excluding carboxylic acids is 1. The number of aliphatic hydroxyl groups is 1. The fourth-order valence-corrected chi connectivity index (χ4v) is 0.919. The monoisotopic (exact) mass is 216 g/mol. The van der Waals surface area contributed by atoms with Crippen molar-refractivity contribution in [1.82, 2.24) is 0 Å². The zero-order valence-electron chi connectivity index (χ0n) is 9.11. The zero-order chi connectivity index (χ0) is 12.1. The maximum atomic E-state index is 10.9. The average Bonchev–Trinajstić information content (AvgIpc) is 2.14. The first-order chi connectivity index (χ1) is 6.81. The molecule has 0 rings (SSSR count). The summed E-state index contributed by atoms with van der Waals surface area (Å²) in [5.41, 5.74) is -1.20. The number of esters is 1. The summed E-state index contributed by atoms with van der Waals surface area (Å²) in [5.74, 6) is -2.17. The van der Waals surface area contributed by atoms with Gasteiger partial charge in [-0.1, -0.05) is 11.6 Å². The Morgan fingerprint density at radius 3 is 2.27 bits per heavy atom. The van der Waals surface area contributed by atoms with Crippen molar-refractivity contribution in [2.75, 3.05) is 7.11 Å². The van der Waals surface area contributed by atoms with Crippen LogP contribution in [0, 0.1) is 0 Å². The molecule has 0 aromatic heterocycles. The lowest BCUT2D eigenvalue weighted by atomic mass is 9.95. The van der Waals surface area contributed by atoms with E-state index in [9.17, 15) is 14.7 Å². The number of hydrogen-bond donors (Lipinski definition) is 2. The summed E-state index contributed by atoms with van der Waals surface area (Å²) >= 11 is 0. The Labute approximate surface area is 88.4 Å². The number of ether oxygens (including phenoxy) is 1. The van der Waals surface area contributed by atoms with Crippen LogP contribution in [0.3, 0.4) is 0 Å². The van der Waals surface area contributed by atoms with E-state index in [0.717, 1.165) is 12.7 Å². The number of aliphatic carboxylic acids is 1. The predicted octanol–water partition coefficient (Wildman–Crippen LogP) is 0.721. The molecule has 2 N–H and O–H groups in total. The van der Waals surface area contributed by atoms with E-state index in [1.165, 1.54) is 0 Å². The van der Waals surface area contributed by atoms with Gasteiger partial charge in [-0.15, -0.1) is 0 Å². The highest BCUT2D eigenvalue weighted by Gasteiger charge is 2.37. The molecule has 0 aromatic rings. The maximum absolute atomic E-state index is 10.9. The number of methoxy groups -OCH3 is 1. The average molecular weight is 216 g/mol. The van der Waals surface area contributed by atoms with E-state index in [2.05, 4.69) is 4.74 Å². The minimum Gasteiger partial charge on any atom is -0.479 e. The minimum atomic E-state index is -2.08. The molecule has 0 aromatic carbocycles. The Balaban J connectivity index is 4.67. The molecule has 0 radical (unpaired) electrons. The first-order valence-electron chi connectivity index (χ1n) is 4.48. The van der Waals surface area contributed by atoms with Crippen LogP contribution in [0.15, 0.2) is 11.6 Å². The molecular weight excluding hydrogens is 200 g/mol. The number of rotatable bonds is 5. The molecule has 0 aliphatic heterocycles. The quantitative estimate of drug-likeness (QED) is 0.522. The third-order valence-electron chi connectivity index (χ3n) is 1.91. The maximum Gasteiger partial charge on any atom is 0.336 e. The topological polar surface area (TPSA) is 83.8 Å². The number of carboxylic acid groups (broad SMARTS) is 1. The largest absolute Gasteiger partial charge is 0.479 e. The SMILES string of the molecule is COC(=O)CC(O)(CC=C(C)C)C(=O)O. The summed E-state index contributed by atoms with van der Waals surface area (Å²) in [4.78, 5) is 21.7. The molecule has 15 heavy (non-hydrogen) atoms. The molecule has 1 unspecified atom stereocenters. The van der Waals surface area contributed by atoms with Gasteiger partial charge in [0.05, 0.1) is 13.5 Å². The summed E-state index contributed by atoms with van der Waals surface area (Å²) in [6.45, 7) is 3.56. The van der Waals surface area contributed by atoms with Gasteiger partial charge in [-0.3, -0.25) is 4.79 Å². The molecule has 0 spiro atoms. The summed E-state index contributed by atoms with van der Waals surface area (Å²) in [6.07, 6.45) is 0.902. The molecule has 0 aliphatic rings. The molecule has 86 valence electrons. The molecule has 0 saturated carbocycles. The van der Waals surface area contributed by atoms with Gasteiger partial charge in [0.2, 0.25) is 0 Å². The van der Waals surface area contributed by atoms with E-state index < -0.39 is 24.0 Å². The zero-order valence-corrected chi connectivity index (χ0v) is 9.11. The van der Waals surface area contributed by atoms with Crippen molar-refractivity contribution in [1.29, 1.82) is 0 Å². The van der Waals surface area contributed by atoms with E-state index >= 15 is 0 Å². The summed E-state index contributed by atoms with van der Waals surface area (Å²) in [6, 6.07) is 0. The minimum absolute atomic E-state index is 0.111. The Hall–Kier alpha value is -1.36. The van der Waals surface area contributed by atoms with Gasteiger partial charge in [-0.05, 0) is 13.8 Å². The Kier molecular flexibility index (Phi) is 5.00. The second-order valence-electron chi connectivity index (χ2n) is 3.58. The van der Waals surface area contributed by atoms with Crippen molar-refractivity contribution in [3.63, 3.8) is 0 Å². The summed E-state index contributed by atoms with van der Waals surface area (Å²) in [7, 11) is 1.14. The van der Waals surface area contributed by atoms with Crippen LogP contribution in [-0.2, 0) is 14.3 Å². The van der Waals surface area contributed by atoms with E-state index in [0.29, 0.717) is 0 Å². The molecule has 0 amide bonds. The smallest absolute Gasteiger partial charge is 0.336 e. The lowest BCUT2D eigenvalue weighted by Crippen LogP contribution is -2.40. The highest BCUT2D eigenvalue weighted by Crippen LogP contribution is 2.18. The lowest BCUT2D eigenvalue weighted by Gasteiger charge is -2.20. The summed E-state index contributed by atoms with van der Waals surface area (Å²) in [5, 5.41) is 18.5. The van der Waals surface area contributed by atoms with Gasteiger partial charge in [0.15, 0.2) is 5.60 Å². The predicted molar refractivity (Wildman–Crippen MR) is 53.3 cm³/mol. The third kappa shape index (κ3) is 4.60. The van der Waals surface area contributed by atoms with Crippen molar-refractivity contribution >= 4 is 11.9 Å².